The number of thiophene rings is 1. The fourth-order valence-corrected chi connectivity index (χ4v) is 4.73. The van der Waals surface area contributed by atoms with Crippen LogP contribution >= 0.6 is 11.3 Å². The molecule has 0 bridgehead atoms. The fourth-order valence-electron chi connectivity index (χ4n) is 3.22. The van der Waals surface area contributed by atoms with Crippen LogP contribution in [0, 0.1) is 0 Å². The maximum absolute atomic E-state index is 12.6. The summed E-state index contributed by atoms with van der Waals surface area (Å²) in [6.45, 7) is 0.0290. The lowest BCUT2D eigenvalue weighted by Crippen LogP contribution is -2.22. The van der Waals surface area contributed by atoms with Gasteiger partial charge in [0.25, 0.3) is 5.56 Å². The number of carboxylic acid groups (broad SMARTS) is 1. The highest BCUT2D eigenvalue weighted by molar-refractivity contribution is 7.92. The Morgan fingerprint density at radius 3 is 2.71 bits per heavy atom. The SMILES string of the molecule is CS(=O)(=O)Nc1ccccc1-n1cc(Cn2c(=O)c(O)c(C(=O)O)c3sccc32)cn1. The van der Waals surface area contributed by atoms with Gasteiger partial charge in [0.2, 0.25) is 10.0 Å². The van der Waals surface area contributed by atoms with Gasteiger partial charge in [-0.25, -0.2) is 17.9 Å². The van der Waals surface area contributed by atoms with E-state index in [9.17, 15) is 28.2 Å². The van der Waals surface area contributed by atoms with Gasteiger partial charge in [-0.1, -0.05) is 12.1 Å². The summed E-state index contributed by atoms with van der Waals surface area (Å²) < 4.78 is 28.7. The number of nitrogens with one attached hydrogen (secondary N) is 1. The maximum Gasteiger partial charge on any atom is 0.341 e. The number of benzene rings is 1. The number of sulfonamides is 1. The van der Waals surface area contributed by atoms with Gasteiger partial charge in [0.05, 0.1) is 40.6 Å². The lowest BCUT2D eigenvalue weighted by molar-refractivity contribution is 0.0695. The summed E-state index contributed by atoms with van der Waals surface area (Å²) in [5.41, 5.74) is 0.554. The molecule has 3 aromatic heterocycles. The third kappa shape index (κ3) is 3.90. The van der Waals surface area contributed by atoms with E-state index in [2.05, 4.69) is 9.82 Å². The Kier molecular flexibility index (Phi) is 5.03. The van der Waals surface area contributed by atoms with E-state index < -0.39 is 32.9 Å². The number of hydrogen-bond acceptors (Lipinski definition) is 7. The average molecular weight is 460 g/mol. The van der Waals surface area contributed by atoms with Gasteiger partial charge in [0.15, 0.2) is 5.75 Å². The van der Waals surface area contributed by atoms with Crippen molar-refractivity contribution in [1.29, 1.82) is 0 Å². The topological polar surface area (TPSA) is 144 Å². The largest absolute Gasteiger partial charge is 0.502 e. The van der Waals surface area contributed by atoms with Crippen LogP contribution in [-0.2, 0) is 16.6 Å². The van der Waals surface area contributed by atoms with Gasteiger partial charge >= 0.3 is 5.97 Å². The van der Waals surface area contributed by atoms with E-state index in [0.29, 0.717) is 27.2 Å². The van der Waals surface area contributed by atoms with Crippen LogP contribution in [0.25, 0.3) is 15.9 Å². The highest BCUT2D eigenvalue weighted by Crippen LogP contribution is 2.29. The van der Waals surface area contributed by atoms with Crippen molar-refractivity contribution in [2.24, 2.45) is 0 Å². The molecule has 0 spiro atoms. The zero-order chi connectivity index (χ0) is 22.3. The van der Waals surface area contributed by atoms with E-state index in [-0.39, 0.29) is 6.54 Å². The van der Waals surface area contributed by atoms with Crippen molar-refractivity contribution in [3.05, 3.63) is 69.6 Å². The molecule has 12 heteroatoms. The van der Waals surface area contributed by atoms with Gasteiger partial charge < -0.3 is 10.2 Å². The van der Waals surface area contributed by atoms with Gasteiger partial charge in [0, 0.05) is 11.8 Å². The number of fused-ring (bicyclic) bond motifs is 1. The second-order valence-corrected chi connectivity index (χ2v) is 9.40. The first-order chi connectivity index (χ1) is 14.7. The van der Waals surface area contributed by atoms with Crippen LogP contribution in [0.5, 0.6) is 5.75 Å². The van der Waals surface area contributed by atoms with E-state index in [1.54, 1.807) is 41.9 Å². The zero-order valence-electron chi connectivity index (χ0n) is 16.0. The first-order valence-corrected chi connectivity index (χ1v) is 11.6. The van der Waals surface area contributed by atoms with Gasteiger partial charge in [0.1, 0.15) is 5.56 Å². The number of hydrogen-bond donors (Lipinski definition) is 3. The number of aromatic hydroxyl groups is 1. The lowest BCUT2D eigenvalue weighted by atomic mass is 10.2. The minimum absolute atomic E-state index is 0.0290. The molecule has 0 aliphatic heterocycles. The summed E-state index contributed by atoms with van der Waals surface area (Å²) in [4.78, 5) is 24.1. The van der Waals surface area contributed by atoms with E-state index in [1.165, 1.54) is 15.4 Å². The van der Waals surface area contributed by atoms with Crippen molar-refractivity contribution in [2.75, 3.05) is 11.0 Å². The zero-order valence-corrected chi connectivity index (χ0v) is 17.6. The van der Waals surface area contributed by atoms with Crippen LogP contribution in [0.3, 0.4) is 0 Å². The minimum atomic E-state index is -3.50. The Labute approximate surface area is 179 Å². The Hall–Kier alpha value is -3.64. The smallest absolute Gasteiger partial charge is 0.341 e. The predicted octanol–water partition coefficient (Wildman–Crippen LogP) is 2.07. The van der Waals surface area contributed by atoms with Gasteiger partial charge in [-0.2, -0.15) is 5.10 Å². The van der Waals surface area contributed by atoms with E-state index in [0.717, 1.165) is 17.6 Å². The highest BCUT2D eigenvalue weighted by atomic mass is 32.2. The van der Waals surface area contributed by atoms with Gasteiger partial charge in [-0.15, -0.1) is 11.3 Å². The third-order valence-electron chi connectivity index (χ3n) is 4.48. The van der Waals surface area contributed by atoms with E-state index >= 15 is 0 Å². The number of rotatable bonds is 6. The number of carbonyl (C=O) groups is 1. The maximum atomic E-state index is 12.6. The minimum Gasteiger partial charge on any atom is -0.502 e. The monoisotopic (exact) mass is 460 g/mol. The number of carboxylic acids is 1. The molecule has 0 atom stereocenters. The molecule has 0 saturated carbocycles. The average Bonchev–Trinajstić information content (AvgIpc) is 3.34. The first kappa shape index (κ1) is 20.6. The summed E-state index contributed by atoms with van der Waals surface area (Å²) in [6.07, 6.45) is 4.17. The molecule has 0 aliphatic carbocycles. The van der Waals surface area contributed by atoms with Gasteiger partial charge in [-0.3, -0.25) is 14.1 Å². The first-order valence-electron chi connectivity index (χ1n) is 8.82. The predicted molar refractivity (Wildman–Crippen MR) is 116 cm³/mol. The van der Waals surface area contributed by atoms with Crippen molar-refractivity contribution in [1.82, 2.24) is 14.3 Å². The summed E-state index contributed by atoms with van der Waals surface area (Å²) in [6, 6.07) is 8.30. The van der Waals surface area contributed by atoms with Crippen molar-refractivity contribution in [3.63, 3.8) is 0 Å². The molecule has 10 nitrogen and oxygen atoms in total. The standard InChI is InChI=1S/C19H16N4O6S2/c1-31(28,29)21-12-4-2-3-5-13(12)23-10-11(8-20-23)9-22-14-6-7-30-17(14)15(19(26)27)16(24)18(22)25/h2-8,10,21,24H,9H2,1H3,(H,26,27). The summed E-state index contributed by atoms with van der Waals surface area (Å²) in [7, 11) is -3.50. The summed E-state index contributed by atoms with van der Waals surface area (Å²) in [5, 5.41) is 25.4. The molecule has 0 radical (unpaired) electrons. The second kappa shape index (κ2) is 7.56. The van der Waals surface area contributed by atoms with Crippen LogP contribution in [0.15, 0.2) is 52.9 Å². The normalized spacial score (nSPS) is 11.6. The van der Waals surface area contributed by atoms with Crippen molar-refractivity contribution in [2.45, 2.75) is 6.54 Å². The Bertz CT molecular complexity index is 1480. The molecule has 31 heavy (non-hydrogen) atoms. The molecular formula is C19H16N4O6S2. The molecule has 0 aliphatic rings. The third-order valence-corrected chi connectivity index (χ3v) is 6.00. The number of aromatic carboxylic acids is 1. The van der Waals surface area contributed by atoms with Crippen LogP contribution in [0.1, 0.15) is 15.9 Å². The number of aromatic nitrogens is 3. The summed E-state index contributed by atoms with van der Waals surface area (Å²) in [5.74, 6) is -2.20. The molecular weight excluding hydrogens is 444 g/mol. The van der Waals surface area contributed by atoms with Crippen LogP contribution < -0.4 is 10.3 Å². The molecule has 0 amide bonds. The van der Waals surface area contributed by atoms with Crippen LogP contribution in [0.2, 0.25) is 0 Å². The molecule has 4 rings (SSSR count). The van der Waals surface area contributed by atoms with Crippen LogP contribution in [0.4, 0.5) is 5.69 Å². The fraction of sp³-hybridized carbons (Fsp3) is 0.105. The number of anilines is 1. The molecule has 160 valence electrons. The lowest BCUT2D eigenvalue weighted by Gasteiger charge is -2.11. The number of nitrogens with zero attached hydrogens (tertiary/aromatic N) is 3. The molecule has 3 heterocycles. The molecule has 0 unspecified atom stereocenters. The van der Waals surface area contributed by atoms with E-state index in [1.807, 2.05) is 0 Å². The second-order valence-electron chi connectivity index (χ2n) is 6.74. The molecule has 1 aromatic carbocycles. The van der Waals surface area contributed by atoms with E-state index in [4.69, 9.17) is 0 Å². The van der Waals surface area contributed by atoms with Crippen molar-refractivity contribution < 1.29 is 23.4 Å². The van der Waals surface area contributed by atoms with Crippen molar-refractivity contribution >= 4 is 43.2 Å². The van der Waals surface area contributed by atoms with Crippen LogP contribution in [-0.4, -0.2) is 45.2 Å². The molecule has 4 aromatic rings. The Morgan fingerprint density at radius 2 is 2.00 bits per heavy atom. The quantitative estimate of drug-likeness (QED) is 0.400. The van der Waals surface area contributed by atoms with Gasteiger partial charge in [-0.05, 0) is 23.6 Å². The molecule has 0 fully saturated rings. The number of para-hydroxylation sites is 2. The Balaban J connectivity index is 1.76. The molecule has 3 N–H and O–H groups in total. The molecule has 0 saturated heterocycles. The number of pyridine rings is 1. The highest BCUT2D eigenvalue weighted by Gasteiger charge is 2.22. The van der Waals surface area contributed by atoms with Crippen molar-refractivity contribution in [3.8, 4) is 11.4 Å². The Morgan fingerprint density at radius 1 is 1.26 bits per heavy atom. The summed E-state index contributed by atoms with van der Waals surface area (Å²) >= 11 is 1.11.